The van der Waals surface area contributed by atoms with Crippen molar-refractivity contribution in [2.45, 2.75) is 26.3 Å². The Morgan fingerprint density at radius 3 is 2.68 bits per heavy atom. The number of alkyl halides is 3. The number of benzene rings is 1. The van der Waals surface area contributed by atoms with Gasteiger partial charge in [-0.1, -0.05) is 12.1 Å². The van der Waals surface area contributed by atoms with Crippen molar-refractivity contribution in [2.75, 3.05) is 20.1 Å². The van der Waals surface area contributed by atoms with Crippen LogP contribution < -0.4 is 10.1 Å². The molecule has 0 bridgehead atoms. The number of rotatable bonds is 6. The van der Waals surface area contributed by atoms with Crippen LogP contribution in [0.15, 0.2) is 36.4 Å². The minimum absolute atomic E-state index is 0.0289. The maximum atomic E-state index is 12.8. The maximum Gasteiger partial charge on any atom is 0.416 e. The third-order valence-corrected chi connectivity index (χ3v) is 4.70. The minimum Gasteiger partial charge on any atom is -0.487 e. The molecule has 1 fully saturated rings. The number of ether oxygens (including phenoxy) is 1. The van der Waals surface area contributed by atoms with Crippen LogP contribution in [0.4, 0.5) is 13.2 Å². The molecule has 8 heteroatoms. The van der Waals surface area contributed by atoms with Crippen LogP contribution in [0.3, 0.4) is 0 Å². The van der Waals surface area contributed by atoms with Gasteiger partial charge in [0.25, 0.3) is 0 Å². The molecule has 0 radical (unpaired) electrons. The van der Waals surface area contributed by atoms with Gasteiger partial charge in [-0.15, -0.1) is 0 Å². The Labute approximate surface area is 161 Å². The highest BCUT2D eigenvalue weighted by Gasteiger charge is 2.32. The van der Waals surface area contributed by atoms with E-state index in [-0.39, 0.29) is 18.4 Å². The van der Waals surface area contributed by atoms with E-state index >= 15 is 0 Å². The van der Waals surface area contributed by atoms with Gasteiger partial charge < -0.3 is 10.1 Å². The maximum absolute atomic E-state index is 12.8. The summed E-state index contributed by atoms with van der Waals surface area (Å²) in [6.07, 6.45) is -4.37. The first kappa shape index (κ1) is 20.1. The largest absolute Gasteiger partial charge is 0.487 e. The number of hydrogen-bond acceptors (Lipinski definition) is 4. The Morgan fingerprint density at radius 2 is 2.04 bits per heavy atom. The van der Waals surface area contributed by atoms with E-state index in [2.05, 4.69) is 15.2 Å². The summed E-state index contributed by atoms with van der Waals surface area (Å²) in [5, 5.41) is 2.65. The molecule has 0 saturated carbocycles. The van der Waals surface area contributed by atoms with Crippen LogP contribution in [-0.4, -0.2) is 35.9 Å². The molecule has 1 aliphatic heterocycles. The lowest BCUT2D eigenvalue weighted by Crippen LogP contribution is -2.52. The summed E-state index contributed by atoms with van der Waals surface area (Å²) < 4.78 is 44.0. The first-order valence-electron chi connectivity index (χ1n) is 8.95. The molecule has 2 heterocycles. The van der Waals surface area contributed by atoms with Crippen LogP contribution in [0.25, 0.3) is 0 Å². The molecular weight excluding hydrogens is 371 g/mol. The van der Waals surface area contributed by atoms with Crippen molar-refractivity contribution < 1.29 is 22.7 Å². The number of halogens is 3. The standard InChI is InChI=1S/C20H22F3N3O2/c1-13-18(28-12-14-4-3-5-16(8-14)20(21,22)23)7-6-17(25-13)11-26-9-15(10-26)19(27)24-2/h3-8,15H,9-12H2,1-2H3,(H,24,27). The second-order valence-electron chi connectivity index (χ2n) is 6.88. The van der Waals surface area contributed by atoms with Crippen LogP contribution in [0.5, 0.6) is 5.75 Å². The quantitative estimate of drug-likeness (QED) is 0.819. The molecule has 1 saturated heterocycles. The van der Waals surface area contributed by atoms with E-state index in [4.69, 9.17) is 4.74 Å². The number of aryl methyl sites for hydroxylation is 1. The Morgan fingerprint density at radius 1 is 1.29 bits per heavy atom. The Kier molecular flexibility index (Phi) is 5.88. The number of nitrogens with zero attached hydrogens (tertiary/aromatic N) is 2. The van der Waals surface area contributed by atoms with Crippen molar-refractivity contribution in [1.29, 1.82) is 0 Å². The summed E-state index contributed by atoms with van der Waals surface area (Å²) in [4.78, 5) is 18.2. The van der Waals surface area contributed by atoms with Crippen LogP contribution in [-0.2, 0) is 24.1 Å². The van der Waals surface area contributed by atoms with Crippen molar-refractivity contribution in [1.82, 2.24) is 15.2 Å². The van der Waals surface area contributed by atoms with Crippen LogP contribution >= 0.6 is 0 Å². The number of carbonyl (C=O) groups is 1. The van der Waals surface area contributed by atoms with Gasteiger partial charge >= 0.3 is 6.18 Å². The second-order valence-corrected chi connectivity index (χ2v) is 6.88. The van der Waals surface area contributed by atoms with E-state index in [1.54, 1.807) is 26.1 Å². The Balaban J connectivity index is 1.56. The van der Waals surface area contributed by atoms with E-state index in [0.717, 1.165) is 17.8 Å². The van der Waals surface area contributed by atoms with Crippen molar-refractivity contribution >= 4 is 5.91 Å². The molecule has 0 spiro atoms. The normalized spacial score (nSPS) is 15.2. The predicted octanol–water partition coefficient (Wildman–Crippen LogP) is 3.17. The molecule has 2 aromatic rings. The van der Waals surface area contributed by atoms with E-state index in [1.165, 1.54) is 6.07 Å². The Bertz CT molecular complexity index is 849. The van der Waals surface area contributed by atoms with E-state index in [9.17, 15) is 18.0 Å². The van der Waals surface area contributed by atoms with Gasteiger partial charge in [0.05, 0.1) is 22.9 Å². The smallest absolute Gasteiger partial charge is 0.416 e. The second kappa shape index (κ2) is 8.18. The van der Waals surface area contributed by atoms with Crippen LogP contribution in [0.1, 0.15) is 22.5 Å². The molecular formula is C20H22F3N3O2. The molecule has 150 valence electrons. The number of nitrogens with one attached hydrogen (secondary N) is 1. The molecule has 1 aliphatic rings. The van der Waals surface area contributed by atoms with Crippen molar-refractivity contribution in [2.24, 2.45) is 5.92 Å². The highest BCUT2D eigenvalue weighted by molar-refractivity contribution is 5.79. The third kappa shape index (κ3) is 4.81. The van der Waals surface area contributed by atoms with Gasteiger partial charge in [0.2, 0.25) is 5.91 Å². The zero-order valence-electron chi connectivity index (χ0n) is 15.7. The fourth-order valence-corrected chi connectivity index (χ4v) is 3.14. The minimum atomic E-state index is -4.37. The highest BCUT2D eigenvalue weighted by atomic mass is 19.4. The first-order valence-corrected chi connectivity index (χ1v) is 8.95. The van der Waals surface area contributed by atoms with Gasteiger partial charge in [0.15, 0.2) is 0 Å². The van der Waals surface area contributed by atoms with E-state index in [1.807, 2.05) is 6.07 Å². The number of aromatic nitrogens is 1. The topological polar surface area (TPSA) is 54.5 Å². The monoisotopic (exact) mass is 393 g/mol. The van der Waals surface area contributed by atoms with Crippen molar-refractivity contribution in [3.8, 4) is 5.75 Å². The van der Waals surface area contributed by atoms with Crippen LogP contribution in [0, 0.1) is 12.8 Å². The fourth-order valence-electron chi connectivity index (χ4n) is 3.14. The molecule has 0 atom stereocenters. The van der Waals surface area contributed by atoms with Gasteiger partial charge in [-0.3, -0.25) is 14.7 Å². The molecule has 1 aromatic carbocycles. The molecule has 0 aliphatic carbocycles. The molecule has 1 N–H and O–H groups in total. The first-order chi connectivity index (χ1) is 13.3. The summed E-state index contributed by atoms with van der Waals surface area (Å²) in [7, 11) is 1.63. The molecule has 1 aromatic heterocycles. The lowest BCUT2D eigenvalue weighted by molar-refractivity contribution is -0.137. The van der Waals surface area contributed by atoms with Crippen molar-refractivity contribution in [3.63, 3.8) is 0 Å². The van der Waals surface area contributed by atoms with Gasteiger partial charge in [-0.2, -0.15) is 13.2 Å². The zero-order chi connectivity index (χ0) is 20.3. The summed E-state index contributed by atoms with van der Waals surface area (Å²) in [5.41, 5.74) is 1.29. The number of pyridine rings is 1. The Hall–Kier alpha value is -2.61. The summed E-state index contributed by atoms with van der Waals surface area (Å²) >= 11 is 0. The molecule has 28 heavy (non-hydrogen) atoms. The van der Waals surface area contributed by atoms with Gasteiger partial charge in [0.1, 0.15) is 12.4 Å². The lowest BCUT2D eigenvalue weighted by Gasteiger charge is -2.37. The SMILES string of the molecule is CNC(=O)C1CN(Cc2ccc(OCc3cccc(C(F)(F)F)c3)c(C)n2)C1. The van der Waals surface area contributed by atoms with Crippen molar-refractivity contribution in [3.05, 3.63) is 58.9 Å². The average molecular weight is 393 g/mol. The summed E-state index contributed by atoms with van der Waals surface area (Å²) in [6.45, 7) is 3.88. The van der Waals surface area contributed by atoms with Gasteiger partial charge in [-0.25, -0.2) is 0 Å². The average Bonchev–Trinajstić information content (AvgIpc) is 2.62. The summed E-state index contributed by atoms with van der Waals surface area (Å²) in [6, 6.07) is 8.70. The number of likely N-dealkylation sites (tertiary alicyclic amines) is 1. The van der Waals surface area contributed by atoms with Gasteiger partial charge in [0, 0.05) is 26.7 Å². The fraction of sp³-hybridized carbons (Fsp3) is 0.400. The summed E-state index contributed by atoms with van der Waals surface area (Å²) in [5.74, 6) is 0.618. The van der Waals surface area contributed by atoms with Crippen LogP contribution in [0.2, 0.25) is 0 Å². The van der Waals surface area contributed by atoms with Gasteiger partial charge in [-0.05, 0) is 36.8 Å². The van der Waals surface area contributed by atoms with E-state index < -0.39 is 11.7 Å². The number of carbonyl (C=O) groups excluding carboxylic acids is 1. The molecule has 3 rings (SSSR count). The van der Waals surface area contributed by atoms with E-state index in [0.29, 0.717) is 36.6 Å². The number of hydrogen-bond donors (Lipinski definition) is 1. The zero-order valence-corrected chi connectivity index (χ0v) is 15.7. The molecule has 1 amide bonds. The molecule has 0 unspecified atom stereocenters. The predicted molar refractivity (Wildman–Crippen MR) is 97.6 cm³/mol. The number of amides is 1. The molecule has 5 nitrogen and oxygen atoms in total. The highest BCUT2D eigenvalue weighted by Crippen LogP contribution is 2.30. The third-order valence-electron chi connectivity index (χ3n) is 4.70. The lowest BCUT2D eigenvalue weighted by atomic mass is 9.99.